The maximum atomic E-state index is 6.06. The highest BCUT2D eigenvalue weighted by Gasteiger charge is 2.43. The van der Waals surface area contributed by atoms with Crippen LogP contribution in [0.5, 0.6) is 0 Å². The maximum Gasteiger partial charge on any atom is 0.243 e. The van der Waals surface area contributed by atoms with E-state index in [9.17, 15) is 0 Å². The topological polar surface area (TPSA) is 74.2 Å². The van der Waals surface area contributed by atoms with E-state index in [-0.39, 0.29) is 11.6 Å². The van der Waals surface area contributed by atoms with E-state index >= 15 is 0 Å². The molecule has 0 aromatic carbocycles. The molecule has 2 aliphatic carbocycles. The lowest BCUT2D eigenvalue weighted by Crippen LogP contribution is -2.37. The summed E-state index contributed by atoms with van der Waals surface area (Å²) in [5.41, 5.74) is 5.75. The molecule has 1 atom stereocenters. The molecule has 5 heteroatoms. The lowest BCUT2D eigenvalue weighted by Gasteiger charge is -2.37. The summed E-state index contributed by atoms with van der Waals surface area (Å²) in [5, 5.41) is 4.04. The Morgan fingerprint density at radius 3 is 2.82 bits per heavy atom. The summed E-state index contributed by atoms with van der Waals surface area (Å²) in [6, 6.07) is -0.113. The molecule has 0 amide bonds. The first-order valence-corrected chi connectivity index (χ1v) is 6.38. The fourth-order valence-corrected chi connectivity index (χ4v) is 2.40. The van der Waals surface area contributed by atoms with E-state index in [4.69, 9.17) is 15.0 Å². The molecule has 0 bridgehead atoms. The van der Waals surface area contributed by atoms with Crippen LogP contribution in [0.3, 0.4) is 0 Å². The van der Waals surface area contributed by atoms with Crippen molar-refractivity contribution in [3.05, 3.63) is 11.7 Å². The van der Waals surface area contributed by atoms with Crippen LogP contribution in [0.15, 0.2) is 4.52 Å². The summed E-state index contributed by atoms with van der Waals surface area (Å²) in [6.45, 7) is 0. The minimum atomic E-state index is -0.305. The van der Waals surface area contributed by atoms with Crippen LogP contribution >= 0.6 is 0 Å². The standard InChI is InChI=1S/C12H19N3O2/c1-16-12(5-2-6-12)11-14-10(17-15-11)9(13)7-8-3-4-8/h8-9H,2-7,13H2,1H3. The van der Waals surface area contributed by atoms with Gasteiger partial charge in [0.2, 0.25) is 11.7 Å². The van der Waals surface area contributed by atoms with Crippen LogP contribution in [0, 0.1) is 5.92 Å². The van der Waals surface area contributed by atoms with Crippen LogP contribution in [-0.2, 0) is 10.3 Å². The predicted molar refractivity (Wildman–Crippen MR) is 61.1 cm³/mol. The summed E-state index contributed by atoms with van der Waals surface area (Å²) in [7, 11) is 1.71. The molecule has 2 aliphatic rings. The second kappa shape index (κ2) is 4.07. The van der Waals surface area contributed by atoms with Gasteiger partial charge in [0.1, 0.15) is 5.60 Å². The number of rotatable bonds is 5. The summed E-state index contributed by atoms with van der Waals surface area (Å²) in [5.74, 6) is 2.00. The Kier molecular flexibility index (Phi) is 2.67. The summed E-state index contributed by atoms with van der Waals surface area (Å²) in [4.78, 5) is 4.43. The summed E-state index contributed by atoms with van der Waals surface area (Å²) < 4.78 is 10.8. The maximum absolute atomic E-state index is 6.06. The van der Waals surface area contributed by atoms with Crippen molar-refractivity contribution in [3.8, 4) is 0 Å². The highest BCUT2D eigenvalue weighted by atomic mass is 16.5. The fourth-order valence-electron chi connectivity index (χ4n) is 2.40. The second-order valence-electron chi connectivity index (χ2n) is 5.29. The molecular formula is C12H19N3O2. The van der Waals surface area contributed by atoms with Gasteiger partial charge < -0.3 is 15.0 Å². The van der Waals surface area contributed by atoms with E-state index in [0.29, 0.717) is 11.7 Å². The van der Waals surface area contributed by atoms with Gasteiger partial charge in [0.15, 0.2) is 0 Å². The molecule has 17 heavy (non-hydrogen) atoms. The summed E-state index contributed by atoms with van der Waals surface area (Å²) in [6.07, 6.45) is 6.64. The van der Waals surface area contributed by atoms with E-state index in [2.05, 4.69) is 10.1 Å². The van der Waals surface area contributed by atoms with Crippen molar-refractivity contribution >= 4 is 0 Å². The minimum absolute atomic E-state index is 0.113. The van der Waals surface area contributed by atoms with Crippen LogP contribution in [0.4, 0.5) is 0 Å². The zero-order chi connectivity index (χ0) is 11.9. The lowest BCUT2D eigenvalue weighted by atomic mass is 9.79. The van der Waals surface area contributed by atoms with Crippen molar-refractivity contribution in [2.45, 2.75) is 50.2 Å². The molecular weight excluding hydrogens is 218 g/mol. The van der Waals surface area contributed by atoms with Gasteiger partial charge in [0.25, 0.3) is 0 Å². The lowest BCUT2D eigenvalue weighted by molar-refractivity contribution is -0.0858. The zero-order valence-electron chi connectivity index (χ0n) is 10.2. The fraction of sp³-hybridized carbons (Fsp3) is 0.833. The number of hydrogen-bond donors (Lipinski definition) is 1. The van der Waals surface area contributed by atoms with E-state index < -0.39 is 0 Å². The summed E-state index contributed by atoms with van der Waals surface area (Å²) >= 11 is 0. The minimum Gasteiger partial charge on any atom is -0.370 e. The molecule has 0 aliphatic heterocycles. The zero-order valence-corrected chi connectivity index (χ0v) is 10.2. The smallest absolute Gasteiger partial charge is 0.243 e. The monoisotopic (exact) mass is 237 g/mol. The molecule has 1 aromatic rings. The SMILES string of the molecule is COC1(c2noc(C(N)CC3CC3)n2)CCC1. The van der Waals surface area contributed by atoms with Crippen molar-refractivity contribution in [1.82, 2.24) is 10.1 Å². The van der Waals surface area contributed by atoms with Crippen LogP contribution in [-0.4, -0.2) is 17.3 Å². The Morgan fingerprint density at radius 2 is 2.29 bits per heavy atom. The molecule has 94 valence electrons. The van der Waals surface area contributed by atoms with E-state index in [0.717, 1.165) is 31.6 Å². The highest BCUT2D eigenvalue weighted by molar-refractivity contribution is 5.07. The first-order valence-electron chi connectivity index (χ1n) is 6.38. The molecule has 0 spiro atoms. The molecule has 1 aromatic heterocycles. The number of ether oxygens (including phenoxy) is 1. The van der Waals surface area contributed by atoms with Crippen molar-refractivity contribution in [3.63, 3.8) is 0 Å². The molecule has 0 radical (unpaired) electrons. The number of hydrogen-bond acceptors (Lipinski definition) is 5. The third-order valence-corrected chi connectivity index (χ3v) is 4.00. The third kappa shape index (κ3) is 1.98. The number of nitrogens with two attached hydrogens (primary N) is 1. The third-order valence-electron chi connectivity index (χ3n) is 4.00. The van der Waals surface area contributed by atoms with Crippen LogP contribution in [0.2, 0.25) is 0 Å². The molecule has 2 fully saturated rings. The van der Waals surface area contributed by atoms with Crippen molar-refractivity contribution in [2.75, 3.05) is 7.11 Å². The average molecular weight is 237 g/mol. The van der Waals surface area contributed by atoms with Gasteiger partial charge in [-0.2, -0.15) is 4.98 Å². The number of aromatic nitrogens is 2. The molecule has 1 unspecified atom stereocenters. The average Bonchev–Trinajstić information content (AvgIpc) is 2.93. The van der Waals surface area contributed by atoms with Gasteiger partial charge in [-0.15, -0.1) is 0 Å². The molecule has 2 saturated carbocycles. The predicted octanol–water partition coefficient (Wildman–Crippen LogP) is 1.90. The first-order chi connectivity index (χ1) is 8.23. The quantitative estimate of drug-likeness (QED) is 0.846. The molecule has 1 heterocycles. The Morgan fingerprint density at radius 1 is 1.53 bits per heavy atom. The highest BCUT2D eigenvalue weighted by Crippen LogP contribution is 2.43. The molecule has 0 saturated heterocycles. The second-order valence-corrected chi connectivity index (χ2v) is 5.29. The Balaban J connectivity index is 1.72. The van der Waals surface area contributed by atoms with Gasteiger partial charge in [0, 0.05) is 7.11 Å². The van der Waals surface area contributed by atoms with E-state index in [1.165, 1.54) is 12.8 Å². The number of methoxy groups -OCH3 is 1. The molecule has 5 nitrogen and oxygen atoms in total. The Hall–Kier alpha value is -0.940. The van der Waals surface area contributed by atoms with Crippen LogP contribution < -0.4 is 5.73 Å². The van der Waals surface area contributed by atoms with Gasteiger partial charge >= 0.3 is 0 Å². The van der Waals surface area contributed by atoms with E-state index in [1.807, 2.05) is 0 Å². The van der Waals surface area contributed by atoms with Crippen LogP contribution in [0.1, 0.15) is 56.3 Å². The largest absolute Gasteiger partial charge is 0.370 e. The van der Waals surface area contributed by atoms with Crippen molar-refractivity contribution in [2.24, 2.45) is 11.7 Å². The molecule has 2 N–H and O–H groups in total. The van der Waals surface area contributed by atoms with Crippen molar-refractivity contribution < 1.29 is 9.26 Å². The van der Waals surface area contributed by atoms with Gasteiger partial charge in [0.05, 0.1) is 6.04 Å². The van der Waals surface area contributed by atoms with Gasteiger partial charge in [-0.05, 0) is 31.6 Å². The van der Waals surface area contributed by atoms with Crippen molar-refractivity contribution in [1.29, 1.82) is 0 Å². The van der Waals surface area contributed by atoms with Gasteiger partial charge in [-0.25, -0.2) is 0 Å². The van der Waals surface area contributed by atoms with Gasteiger partial charge in [-0.1, -0.05) is 18.0 Å². The molecule has 3 rings (SSSR count). The van der Waals surface area contributed by atoms with Gasteiger partial charge in [-0.3, -0.25) is 0 Å². The first kappa shape index (κ1) is 11.2. The van der Waals surface area contributed by atoms with Crippen LogP contribution in [0.25, 0.3) is 0 Å². The normalized spacial score (nSPS) is 24.4. The van der Waals surface area contributed by atoms with E-state index in [1.54, 1.807) is 7.11 Å². The number of nitrogens with zero attached hydrogens (tertiary/aromatic N) is 2. The Labute approximate surface area is 101 Å². The Bertz CT molecular complexity index is 391.